The van der Waals surface area contributed by atoms with E-state index in [1.54, 1.807) is 0 Å². The van der Waals surface area contributed by atoms with Crippen molar-refractivity contribution in [3.05, 3.63) is 46.3 Å². The lowest BCUT2D eigenvalue weighted by Crippen LogP contribution is -2.19. The van der Waals surface area contributed by atoms with Crippen LogP contribution in [0.1, 0.15) is 53.9 Å². The Balaban J connectivity index is 2.07. The summed E-state index contributed by atoms with van der Waals surface area (Å²) >= 11 is 6.90. The molecule has 134 valence electrons. The van der Waals surface area contributed by atoms with Crippen LogP contribution in [0.15, 0.2) is 30.3 Å². The summed E-state index contributed by atoms with van der Waals surface area (Å²) in [6.45, 7) is 6.44. The fourth-order valence-electron chi connectivity index (χ4n) is 2.37. The number of ether oxygens (including phenoxy) is 1. The van der Waals surface area contributed by atoms with Crippen LogP contribution in [0, 0.1) is 0 Å². The number of hydrogen-bond acceptors (Lipinski definition) is 4. The number of thiocarbonyl (C=S) groups is 1. The molecule has 1 aromatic carbocycles. The summed E-state index contributed by atoms with van der Waals surface area (Å²) in [5, 5.41) is 7.43. The van der Waals surface area contributed by atoms with Crippen LogP contribution in [0.4, 0.5) is 10.7 Å². The Labute approximate surface area is 158 Å². The number of esters is 1. The number of rotatable bonds is 6. The van der Waals surface area contributed by atoms with E-state index in [9.17, 15) is 4.79 Å². The minimum Gasteiger partial charge on any atom is -0.465 e. The van der Waals surface area contributed by atoms with Gasteiger partial charge in [-0.2, -0.15) is 0 Å². The summed E-state index contributed by atoms with van der Waals surface area (Å²) in [7, 11) is 1.38. The Morgan fingerprint density at radius 3 is 2.48 bits per heavy atom. The molecule has 4 nitrogen and oxygen atoms in total. The zero-order chi connectivity index (χ0) is 18.4. The third-order valence-corrected chi connectivity index (χ3v) is 5.51. The molecule has 2 rings (SSSR count). The van der Waals surface area contributed by atoms with Crippen molar-refractivity contribution >= 4 is 45.3 Å². The molecule has 0 bridgehead atoms. The second kappa shape index (κ2) is 8.97. The summed E-state index contributed by atoms with van der Waals surface area (Å²) in [5.41, 5.74) is 2.74. The number of thiophene rings is 1. The SMILES string of the molecule is CCc1cc(C(=O)OC)c(NC(=S)Nc2ccc([C@H](C)CC)cc2)s1. The Kier molecular flexibility index (Phi) is 6.96. The van der Waals surface area contributed by atoms with Gasteiger partial charge < -0.3 is 15.4 Å². The highest BCUT2D eigenvalue weighted by molar-refractivity contribution is 7.80. The van der Waals surface area contributed by atoms with E-state index in [0.717, 1.165) is 23.4 Å². The number of anilines is 2. The lowest BCUT2D eigenvalue weighted by Gasteiger charge is -2.12. The number of hydrogen-bond donors (Lipinski definition) is 2. The van der Waals surface area contributed by atoms with Crippen LogP contribution in [-0.4, -0.2) is 18.2 Å². The van der Waals surface area contributed by atoms with Crippen molar-refractivity contribution < 1.29 is 9.53 Å². The van der Waals surface area contributed by atoms with Gasteiger partial charge in [-0.1, -0.05) is 32.9 Å². The minimum absolute atomic E-state index is 0.362. The van der Waals surface area contributed by atoms with Crippen molar-refractivity contribution in [2.45, 2.75) is 39.5 Å². The zero-order valence-electron chi connectivity index (χ0n) is 15.0. The molecule has 0 radical (unpaired) electrons. The van der Waals surface area contributed by atoms with Crippen LogP contribution in [0.5, 0.6) is 0 Å². The first kappa shape index (κ1) is 19.4. The van der Waals surface area contributed by atoms with Crippen molar-refractivity contribution in [3.63, 3.8) is 0 Å². The average Bonchev–Trinajstić information content (AvgIpc) is 3.03. The Morgan fingerprint density at radius 1 is 1.24 bits per heavy atom. The fraction of sp³-hybridized carbons (Fsp3) is 0.368. The highest BCUT2D eigenvalue weighted by atomic mass is 32.1. The van der Waals surface area contributed by atoms with Gasteiger partial charge in [0.2, 0.25) is 0 Å². The first-order chi connectivity index (χ1) is 12.0. The molecular formula is C19H24N2O2S2. The van der Waals surface area contributed by atoms with E-state index >= 15 is 0 Å². The van der Waals surface area contributed by atoms with Crippen molar-refractivity contribution in [2.24, 2.45) is 0 Å². The number of benzene rings is 1. The molecule has 0 unspecified atom stereocenters. The quantitative estimate of drug-likeness (QED) is 0.521. The van der Waals surface area contributed by atoms with Crippen molar-refractivity contribution in [1.29, 1.82) is 0 Å². The molecule has 0 aliphatic rings. The molecule has 1 heterocycles. The summed E-state index contributed by atoms with van der Waals surface area (Å²) in [6, 6.07) is 10.1. The molecule has 0 fully saturated rings. The Hall–Kier alpha value is -1.92. The molecule has 0 amide bonds. The molecule has 1 atom stereocenters. The number of carbonyl (C=O) groups is 1. The van der Waals surface area contributed by atoms with Gasteiger partial charge >= 0.3 is 5.97 Å². The van der Waals surface area contributed by atoms with Gasteiger partial charge in [0.25, 0.3) is 0 Å². The van der Waals surface area contributed by atoms with E-state index in [-0.39, 0.29) is 5.97 Å². The topological polar surface area (TPSA) is 50.4 Å². The highest BCUT2D eigenvalue weighted by Gasteiger charge is 2.17. The summed E-state index contributed by atoms with van der Waals surface area (Å²) in [4.78, 5) is 13.0. The fourth-order valence-corrected chi connectivity index (χ4v) is 3.64. The molecule has 2 N–H and O–H groups in total. The maximum Gasteiger partial charge on any atom is 0.340 e. The molecular weight excluding hydrogens is 352 g/mol. The molecule has 0 aliphatic heterocycles. The summed E-state index contributed by atoms with van der Waals surface area (Å²) in [6.07, 6.45) is 1.97. The van der Waals surface area contributed by atoms with Gasteiger partial charge in [0, 0.05) is 10.6 Å². The van der Waals surface area contributed by atoms with Crippen molar-refractivity contribution in [3.8, 4) is 0 Å². The van der Waals surface area contributed by atoms with E-state index in [1.165, 1.54) is 24.0 Å². The van der Waals surface area contributed by atoms with Gasteiger partial charge in [0.15, 0.2) is 5.11 Å². The molecule has 0 saturated carbocycles. The summed E-state index contributed by atoms with van der Waals surface area (Å²) < 4.78 is 4.84. The number of nitrogens with one attached hydrogen (secondary N) is 2. The molecule has 6 heteroatoms. The number of aryl methyl sites for hydroxylation is 1. The van der Waals surface area contributed by atoms with Crippen LogP contribution < -0.4 is 10.6 Å². The lowest BCUT2D eigenvalue weighted by molar-refractivity contribution is 0.0602. The monoisotopic (exact) mass is 376 g/mol. The molecule has 2 aromatic rings. The summed E-state index contributed by atoms with van der Waals surface area (Å²) in [5.74, 6) is 0.180. The Morgan fingerprint density at radius 2 is 1.92 bits per heavy atom. The van der Waals surface area contributed by atoms with E-state index in [0.29, 0.717) is 21.6 Å². The van der Waals surface area contributed by atoms with E-state index < -0.39 is 0 Å². The van der Waals surface area contributed by atoms with E-state index in [1.807, 2.05) is 25.1 Å². The first-order valence-corrected chi connectivity index (χ1v) is 9.59. The minimum atomic E-state index is -0.362. The molecule has 25 heavy (non-hydrogen) atoms. The van der Waals surface area contributed by atoms with Crippen LogP contribution in [0.2, 0.25) is 0 Å². The third kappa shape index (κ3) is 5.03. The molecule has 1 aromatic heterocycles. The van der Waals surface area contributed by atoms with Gasteiger partial charge in [-0.15, -0.1) is 11.3 Å². The van der Waals surface area contributed by atoms with Crippen molar-refractivity contribution in [2.75, 3.05) is 17.7 Å². The normalized spacial score (nSPS) is 11.7. The molecule has 0 saturated heterocycles. The second-order valence-electron chi connectivity index (χ2n) is 5.81. The molecule has 0 spiro atoms. The highest BCUT2D eigenvalue weighted by Crippen LogP contribution is 2.29. The Bertz CT molecular complexity index is 738. The zero-order valence-corrected chi connectivity index (χ0v) is 16.6. The predicted octanol–water partition coefficient (Wildman–Crippen LogP) is 5.42. The lowest BCUT2D eigenvalue weighted by atomic mass is 9.99. The average molecular weight is 377 g/mol. The van der Waals surface area contributed by atoms with Crippen LogP contribution in [0.25, 0.3) is 0 Å². The smallest absolute Gasteiger partial charge is 0.340 e. The van der Waals surface area contributed by atoms with Gasteiger partial charge in [0.1, 0.15) is 5.00 Å². The first-order valence-electron chi connectivity index (χ1n) is 8.37. The van der Waals surface area contributed by atoms with Crippen LogP contribution in [0.3, 0.4) is 0 Å². The van der Waals surface area contributed by atoms with Crippen LogP contribution >= 0.6 is 23.6 Å². The third-order valence-electron chi connectivity index (χ3n) is 4.11. The van der Waals surface area contributed by atoms with Gasteiger partial charge in [-0.3, -0.25) is 0 Å². The standard InChI is InChI=1S/C19H24N2O2S2/c1-5-12(3)13-7-9-14(10-8-13)20-19(24)21-17-16(18(22)23-4)11-15(6-2)25-17/h7-12H,5-6H2,1-4H3,(H2,20,21,24)/t12-/m1/s1. The predicted molar refractivity (Wildman–Crippen MR) is 110 cm³/mol. The van der Waals surface area contributed by atoms with Gasteiger partial charge in [-0.25, -0.2) is 4.79 Å². The maximum atomic E-state index is 11.9. The second-order valence-corrected chi connectivity index (χ2v) is 7.36. The van der Waals surface area contributed by atoms with Crippen molar-refractivity contribution in [1.82, 2.24) is 0 Å². The molecule has 0 aliphatic carbocycles. The van der Waals surface area contributed by atoms with E-state index in [4.69, 9.17) is 17.0 Å². The number of methoxy groups -OCH3 is 1. The maximum absolute atomic E-state index is 11.9. The largest absolute Gasteiger partial charge is 0.465 e. The van der Waals surface area contributed by atoms with Crippen LogP contribution in [-0.2, 0) is 11.2 Å². The van der Waals surface area contributed by atoms with Gasteiger partial charge in [-0.05, 0) is 54.7 Å². The van der Waals surface area contributed by atoms with E-state index in [2.05, 4.69) is 36.6 Å². The van der Waals surface area contributed by atoms with Gasteiger partial charge in [0.05, 0.1) is 12.7 Å². The number of carbonyl (C=O) groups excluding carboxylic acids is 1.